The second-order valence-corrected chi connectivity index (χ2v) is 6.47. The van der Waals surface area contributed by atoms with Crippen LogP contribution < -0.4 is 11.3 Å². The predicted octanol–water partition coefficient (Wildman–Crippen LogP) is 4.22. The van der Waals surface area contributed by atoms with Gasteiger partial charge in [-0.05, 0) is 57.6 Å². The second-order valence-electron chi connectivity index (χ2n) is 4.18. The lowest BCUT2D eigenvalue weighted by atomic mass is 10.0. The average molecular weight is 346 g/mol. The Labute approximate surface area is 124 Å². The lowest BCUT2D eigenvalue weighted by Crippen LogP contribution is -2.29. The van der Waals surface area contributed by atoms with Crippen molar-refractivity contribution in [1.29, 1.82) is 0 Å². The summed E-state index contributed by atoms with van der Waals surface area (Å²) < 4.78 is 1.13. The highest BCUT2D eigenvalue weighted by Crippen LogP contribution is 2.29. The van der Waals surface area contributed by atoms with Crippen LogP contribution in [0, 0.1) is 6.92 Å². The third-order valence-corrected chi connectivity index (χ3v) is 4.92. The number of aryl methyl sites for hydroxylation is 1. The van der Waals surface area contributed by atoms with Gasteiger partial charge in [0.05, 0.1) is 6.04 Å². The summed E-state index contributed by atoms with van der Waals surface area (Å²) in [5.41, 5.74) is 5.12. The Morgan fingerprint density at radius 1 is 1.44 bits per heavy atom. The molecule has 3 N–H and O–H groups in total. The van der Waals surface area contributed by atoms with E-state index in [1.807, 2.05) is 19.1 Å². The van der Waals surface area contributed by atoms with E-state index in [9.17, 15) is 0 Å². The van der Waals surface area contributed by atoms with Gasteiger partial charge in [0.15, 0.2) is 0 Å². The van der Waals surface area contributed by atoms with Crippen LogP contribution in [0.1, 0.15) is 22.0 Å². The molecular weight excluding hydrogens is 332 g/mol. The van der Waals surface area contributed by atoms with E-state index in [4.69, 9.17) is 17.4 Å². The molecule has 0 amide bonds. The van der Waals surface area contributed by atoms with Gasteiger partial charge in [0.25, 0.3) is 0 Å². The quantitative estimate of drug-likeness (QED) is 0.643. The number of rotatable bonds is 4. The normalized spacial score (nSPS) is 12.7. The number of benzene rings is 1. The van der Waals surface area contributed by atoms with Crippen LogP contribution >= 0.6 is 38.9 Å². The van der Waals surface area contributed by atoms with Gasteiger partial charge in [-0.15, -0.1) is 11.3 Å². The molecule has 2 nitrogen and oxygen atoms in total. The first-order valence-corrected chi connectivity index (χ1v) is 7.60. The van der Waals surface area contributed by atoms with Gasteiger partial charge in [-0.2, -0.15) is 0 Å². The van der Waals surface area contributed by atoms with E-state index in [0.29, 0.717) is 0 Å². The van der Waals surface area contributed by atoms with Crippen LogP contribution in [0.4, 0.5) is 0 Å². The highest BCUT2D eigenvalue weighted by atomic mass is 79.9. The fourth-order valence-corrected chi connectivity index (χ4v) is 3.75. The van der Waals surface area contributed by atoms with Crippen molar-refractivity contribution in [3.63, 3.8) is 0 Å². The van der Waals surface area contributed by atoms with E-state index in [-0.39, 0.29) is 6.04 Å². The van der Waals surface area contributed by atoms with Crippen LogP contribution in [0.5, 0.6) is 0 Å². The molecule has 1 heterocycles. The highest BCUT2D eigenvalue weighted by molar-refractivity contribution is 9.10. The van der Waals surface area contributed by atoms with Crippen molar-refractivity contribution in [2.24, 2.45) is 5.84 Å². The molecule has 0 saturated heterocycles. The average Bonchev–Trinajstić information content (AvgIpc) is 2.70. The predicted molar refractivity (Wildman–Crippen MR) is 82.0 cm³/mol. The van der Waals surface area contributed by atoms with Crippen molar-refractivity contribution in [2.75, 3.05) is 0 Å². The van der Waals surface area contributed by atoms with Crippen molar-refractivity contribution in [3.05, 3.63) is 55.1 Å². The van der Waals surface area contributed by atoms with E-state index >= 15 is 0 Å². The minimum Gasteiger partial charge on any atom is -0.271 e. The van der Waals surface area contributed by atoms with Gasteiger partial charge in [0.1, 0.15) is 0 Å². The molecule has 1 atom stereocenters. The first kappa shape index (κ1) is 14.0. The van der Waals surface area contributed by atoms with Crippen LogP contribution in [0.3, 0.4) is 0 Å². The lowest BCUT2D eigenvalue weighted by molar-refractivity contribution is 0.554. The largest absolute Gasteiger partial charge is 0.271 e. The Bertz CT molecular complexity index is 521. The number of hydrogen-bond donors (Lipinski definition) is 2. The summed E-state index contributed by atoms with van der Waals surface area (Å²) in [6.45, 7) is 2.03. The van der Waals surface area contributed by atoms with E-state index < -0.39 is 0 Å². The van der Waals surface area contributed by atoms with Crippen LogP contribution in [0.2, 0.25) is 5.02 Å². The molecule has 96 valence electrons. The summed E-state index contributed by atoms with van der Waals surface area (Å²) >= 11 is 11.4. The van der Waals surface area contributed by atoms with Crippen LogP contribution in [0.25, 0.3) is 0 Å². The lowest BCUT2D eigenvalue weighted by Gasteiger charge is -2.17. The van der Waals surface area contributed by atoms with Gasteiger partial charge in [0, 0.05) is 20.8 Å². The van der Waals surface area contributed by atoms with Crippen LogP contribution in [-0.4, -0.2) is 0 Å². The van der Waals surface area contributed by atoms with Crippen molar-refractivity contribution in [2.45, 2.75) is 19.4 Å². The molecular formula is C13H14BrClN2S. The van der Waals surface area contributed by atoms with Gasteiger partial charge in [-0.1, -0.05) is 17.7 Å². The molecule has 1 aromatic heterocycles. The second kappa shape index (κ2) is 6.17. The third kappa shape index (κ3) is 3.33. The van der Waals surface area contributed by atoms with E-state index in [0.717, 1.165) is 27.0 Å². The maximum Gasteiger partial charge on any atom is 0.0509 e. The number of hydrazine groups is 1. The minimum absolute atomic E-state index is 0.0670. The van der Waals surface area contributed by atoms with Gasteiger partial charge in [-0.25, -0.2) is 0 Å². The fraction of sp³-hybridized carbons (Fsp3) is 0.231. The zero-order chi connectivity index (χ0) is 13.1. The Kier molecular flexibility index (Phi) is 4.81. The molecule has 0 spiro atoms. The summed E-state index contributed by atoms with van der Waals surface area (Å²) in [5.74, 6) is 5.67. The fourth-order valence-electron chi connectivity index (χ4n) is 1.89. The number of nitrogens with two attached hydrogens (primary N) is 1. The number of hydrogen-bond acceptors (Lipinski definition) is 3. The summed E-state index contributed by atoms with van der Waals surface area (Å²) in [5, 5.41) is 2.81. The van der Waals surface area contributed by atoms with Crippen LogP contribution in [-0.2, 0) is 6.42 Å². The topological polar surface area (TPSA) is 38.0 Å². The zero-order valence-corrected chi connectivity index (χ0v) is 13.1. The minimum atomic E-state index is 0.0670. The first-order valence-electron chi connectivity index (χ1n) is 5.55. The molecule has 0 aliphatic heterocycles. The molecule has 1 aromatic carbocycles. The molecule has 2 aromatic rings. The van der Waals surface area contributed by atoms with Crippen molar-refractivity contribution in [3.8, 4) is 0 Å². The summed E-state index contributed by atoms with van der Waals surface area (Å²) in [6, 6.07) is 8.13. The van der Waals surface area contributed by atoms with E-state index in [1.165, 1.54) is 4.88 Å². The number of thiophene rings is 1. The molecule has 2 rings (SSSR count). The molecule has 5 heteroatoms. The van der Waals surface area contributed by atoms with Gasteiger partial charge >= 0.3 is 0 Å². The van der Waals surface area contributed by atoms with E-state index in [1.54, 1.807) is 11.3 Å². The highest BCUT2D eigenvalue weighted by Gasteiger charge is 2.14. The molecule has 0 fully saturated rings. The number of halogens is 2. The zero-order valence-electron chi connectivity index (χ0n) is 9.91. The maximum atomic E-state index is 6.09. The Morgan fingerprint density at radius 3 is 2.78 bits per heavy atom. The van der Waals surface area contributed by atoms with Crippen molar-refractivity contribution >= 4 is 38.9 Å². The third-order valence-electron chi connectivity index (χ3n) is 2.75. The van der Waals surface area contributed by atoms with Gasteiger partial charge in [-0.3, -0.25) is 11.3 Å². The molecule has 0 aliphatic rings. The summed E-state index contributed by atoms with van der Waals surface area (Å²) in [4.78, 5) is 1.27. The SMILES string of the molecule is Cc1cc(Cl)cc(C(Cc2sccc2Br)NN)c1. The molecule has 0 radical (unpaired) electrons. The van der Waals surface area contributed by atoms with Crippen LogP contribution in [0.15, 0.2) is 34.1 Å². The Balaban J connectivity index is 2.25. The summed E-state index contributed by atoms with van der Waals surface area (Å²) in [7, 11) is 0. The van der Waals surface area contributed by atoms with Crippen molar-refractivity contribution in [1.82, 2.24) is 5.43 Å². The first-order chi connectivity index (χ1) is 8.60. The molecule has 0 aliphatic carbocycles. The van der Waals surface area contributed by atoms with Gasteiger partial charge < -0.3 is 0 Å². The molecule has 0 bridgehead atoms. The monoisotopic (exact) mass is 344 g/mol. The van der Waals surface area contributed by atoms with E-state index in [2.05, 4.69) is 38.9 Å². The standard InChI is InChI=1S/C13H14BrClN2S/c1-8-4-9(6-10(15)5-8)12(17-16)7-13-11(14)2-3-18-13/h2-6,12,17H,7,16H2,1H3. The maximum absolute atomic E-state index is 6.09. The molecule has 18 heavy (non-hydrogen) atoms. The Hall–Kier alpha value is -0.390. The Morgan fingerprint density at radius 2 is 2.22 bits per heavy atom. The van der Waals surface area contributed by atoms with Crippen molar-refractivity contribution < 1.29 is 0 Å². The van der Waals surface area contributed by atoms with Gasteiger partial charge in [0.2, 0.25) is 0 Å². The summed E-state index contributed by atoms with van der Waals surface area (Å²) in [6.07, 6.45) is 0.842. The smallest absolute Gasteiger partial charge is 0.0509 e. The number of nitrogens with one attached hydrogen (secondary N) is 1. The molecule has 0 saturated carbocycles. The molecule has 1 unspecified atom stereocenters.